The van der Waals surface area contributed by atoms with Gasteiger partial charge in [0.1, 0.15) is 11.2 Å². The van der Waals surface area contributed by atoms with Crippen LogP contribution in [0, 0.1) is 0 Å². The van der Waals surface area contributed by atoms with Crippen molar-refractivity contribution in [1.29, 1.82) is 0 Å². The number of piperazine rings is 1. The molecule has 0 aliphatic carbocycles. The van der Waals surface area contributed by atoms with E-state index in [9.17, 15) is 14.4 Å². The second-order valence-electron chi connectivity index (χ2n) is 11.4. The van der Waals surface area contributed by atoms with E-state index < -0.39 is 23.2 Å². The molecule has 10 nitrogen and oxygen atoms in total. The van der Waals surface area contributed by atoms with Crippen molar-refractivity contribution in [3.8, 4) is 11.1 Å². The van der Waals surface area contributed by atoms with E-state index in [0.29, 0.717) is 36.7 Å². The lowest BCUT2D eigenvalue weighted by atomic mass is 10.1. The van der Waals surface area contributed by atoms with E-state index in [1.807, 2.05) is 39.0 Å². The van der Waals surface area contributed by atoms with E-state index in [2.05, 4.69) is 10.3 Å². The van der Waals surface area contributed by atoms with Crippen LogP contribution >= 0.6 is 11.3 Å². The number of hydrogen-bond donors (Lipinski definition) is 1. The second-order valence-corrected chi connectivity index (χ2v) is 12.5. The summed E-state index contributed by atoms with van der Waals surface area (Å²) in [7, 11) is 0. The molecule has 1 aromatic carbocycles. The third kappa shape index (κ3) is 7.56. The number of nitrogens with one attached hydrogen (secondary N) is 1. The van der Waals surface area contributed by atoms with Crippen molar-refractivity contribution in [1.82, 2.24) is 10.3 Å². The first-order valence-corrected chi connectivity index (χ1v) is 13.9. The van der Waals surface area contributed by atoms with Crippen molar-refractivity contribution in [2.45, 2.75) is 52.7 Å². The van der Waals surface area contributed by atoms with Gasteiger partial charge < -0.3 is 23.7 Å². The number of amides is 3. The van der Waals surface area contributed by atoms with Gasteiger partial charge >= 0.3 is 12.2 Å². The minimum atomic E-state index is -0.746. The zero-order chi connectivity index (χ0) is 29.1. The van der Waals surface area contributed by atoms with E-state index in [4.69, 9.17) is 13.9 Å². The first-order chi connectivity index (χ1) is 18.8. The predicted octanol–water partition coefficient (Wildman–Crippen LogP) is 6.15. The van der Waals surface area contributed by atoms with Crippen molar-refractivity contribution in [2.75, 3.05) is 36.1 Å². The molecule has 3 aromatic rings. The van der Waals surface area contributed by atoms with Crippen LogP contribution in [0.1, 0.15) is 51.2 Å². The van der Waals surface area contributed by atoms with Crippen LogP contribution in [-0.2, 0) is 9.47 Å². The van der Waals surface area contributed by atoms with Gasteiger partial charge in [0.2, 0.25) is 0 Å². The number of benzene rings is 1. The molecule has 1 N–H and O–H groups in total. The van der Waals surface area contributed by atoms with Crippen molar-refractivity contribution >= 4 is 40.1 Å². The Kier molecular flexibility index (Phi) is 8.43. The summed E-state index contributed by atoms with van der Waals surface area (Å²) in [5.41, 5.74) is 3.47. The standard InChI is InChI=1S/C29H36N4O6S/c1-28(2,3)38-26(35)30-33(22-9-7-8-20(18-22)21-12-17-37-19-21)25(34)23-10-11-24(40-23)31-13-15-32(16-14-31)27(36)39-29(4,5)6/h7-12,17-19H,13-16H2,1-6H3,(H,30,35). The van der Waals surface area contributed by atoms with Gasteiger partial charge in [-0.1, -0.05) is 12.1 Å². The van der Waals surface area contributed by atoms with Gasteiger partial charge in [-0.05, 0) is 77.4 Å². The molecule has 0 bridgehead atoms. The number of anilines is 2. The van der Waals surface area contributed by atoms with Crippen LogP contribution in [0.25, 0.3) is 11.1 Å². The lowest BCUT2D eigenvalue weighted by molar-refractivity contribution is 0.0240. The maximum atomic E-state index is 13.8. The van der Waals surface area contributed by atoms with Gasteiger partial charge in [-0.3, -0.25) is 4.79 Å². The molecule has 2 aromatic heterocycles. The summed E-state index contributed by atoms with van der Waals surface area (Å²) in [5, 5.41) is 2.10. The lowest BCUT2D eigenvalue weighted by Gasteiger charge is -2.36. The summed E-state index contributed by atoms with van der Waals surface area (Å²) < 4.78 is 16.1. The Morgan fingerprint density at radius 2 is 1.60 bits per heavy atom. The maximum Gasteiger partial charge on any atom is 0.427 e. The topological polar surface area (TPSA) is 105 Å². The Hall–Kier alpha value is -3.99. The number of thiophene rings is 1. The molecule has 0 radical (unpaired) electrons. The summed E-state index contributed by atoms with van der Waals surface area (Å²) in [6, 6.07) is 12.7. The minimum absolute atomic E-state index is 0.323. The molecule has 0 unspecified atom stereocenters. The van der Waals surface area contributed by atoms with Crippen molar-refractivity contribution in [2.24, 2.45) is 0 Å². The van der Waals surface area contributed by atoms with Crippen LogP contribution in [-0.4, -0.2) is 60.4 Å². The molecular formula is C29H36N4O6S. The Balaban J connectivity index is 1.51. The van der Waals surface area contributed by atoms with Gasteiger partial charge in [-0.15, -0.1) is 11.3 Å². The molecule has 40 heavy (non-hydrogen) atoms. The fourth-order valence-corrected chi connectivity index (χ4v) is 5.02. The summed E-state index contributed by atoms with van der Waals surface area (Å²) in [5.74, 6) is -0.404. The molecule has 214 valence electrons. The molecule has 11 heteroatoms. The highest BCUT2D eigenvalue weighted by Crippen LogP contribution is 2.31. The molecule has 1 fully saturated rings. The van der Waals surface area contributed by atoms with E-state index in [0.717, 1.165) is 16.1 Å². The molecular weight excluding hydrogens is 532 g/mol. The van der Waals surface area contributed by atoms with Crippen molar-refractivity contribution in [3.63, 3.8) is 0 Å². The number of rotatable bonds is 4. The molecule has 0 saturated carbocycles. The molecule has 3 amide bonds. The van der Waals surface area contributed by atoms with Gasteiger partial charge in [0.05, 0.1) is 28.1 Å². The van der Waals surface area contributed by atoms with Crippen LogP contribution in [0.4, 0.5) is 20.3 Å². The zero-order valence-corrected chi connectivity index (χ0v) is 24.5. The van der Waals surface area contributed by atoms with E-state index in [1.54, 1.807) is 62.5 Å². The molecule has 1 aliphatic heterocycles. The fraction of sp³-hybridized carbons (Fsp3) is 0.414. The van der Waals surface area contributed by atoms with Crippen molar-refractivity contribution in [3.05, 3.63) is 59.9 Å². The number of hydrazine groups is 1. The predicted molar refractivity (Wildman–Crippen MR) is 155 cm³/mol. The number of carbonyl (C=O) groups excluding carboxylic acids is 3. The number of furan rings is 1. The Morgan fingerprint density at radius 1 is 0.900 bits per heavy atom. The van der Waals surface area contributed by atoms with Gasteiger partial charge in [0.25, 0.3) is 5.91 Å². The lowest BCUT2D eigenvalue weighted by Crippen LogP contribution is -2.50. The monoisotopic (exact) mass is 568 g/mol. The average molecular weight is 569 g/mol. The fourth-order valence-electron chi connectivity index (χ4n) is 4.04. The highest BCUT2D eigenvalue weighted by molar-refractivity contribution is 7.18. The second kappa shape index (κ2) is 11.6. The van der Waals surface area contributed by atoms with E-state index >= 15 is 0 Å². The highest BCUT2D eigenvalue weighted by Gasteiger charge is 2.29. The largest absolute Gasteiger partial charge is 0.472 e. The molecule has 1 saturated heterocycles. The normalized spacial score (nSPS) is 14.1. The molecule has 0 spiro atoms. The number of hydrogen-bond acceptors (Lipinski definition) is 8. The Labute approximate surface area is 238 Å². The van der Waals surface area contributed by atoms with Crippen LogP contribution in [0.3, 0.4) is 0 Å². The van der Waals surface area contributed by atoms with Crippen LogP contribution in [0.5, 0.6) is 0 Å². The highest BCUT2D eigenvalue weighted by atomic mass is 32.1. The van der Waals surface area contributed by atoms with Crippen LogP contribution in [0.2, 0.25) is 0 Å². The van der Waals surface area contributed by atoms with Crippen molar-refractivity contribution < 1.29 is 28.3 Å². The average Bonchev–Trinajstić information content (AvgIpc) is 3.58. The molecule has 0 atom stereocenters. The summed E-state index contributed by atoms with van der Waals surface area (Å²) in [6.07, 6.45) is 2.12. The summed E-state index contributed by atoms with van der Waals surface area (Å²) >= 11 is 1.33. The smallest absolute Gasteiger partial charge is 0.427 e. The summed E-state index contributed by atoms with van der Waals surface area (Å²) in [6.45, 7) is 13.1. The first kappa shape index (κ1) is 29.0. The van der Waals surface area contributed by atoms with Gasteiger partial charge in [0.15, 0.2) is 0 Å². The van der Waals surface area contributed by atoms with Crippen LogP contribution in [0.15, 0.2) is 59.4 Å². The summed E-state index contributed by atoms with van der Waals surface area (Å²) in [4.78, 5) is 43.2. The molecule has 4 rings (SSSR count). The SMILES string of the molecule is CC(C)(C)OC(=O)NN(C(=O)c1ccc(N2CCN(C(=O)OC(C)(C)C)CC2)s1)c1cccc(-c2ccoc2)c1. The Morgan fingerprint density at radius 3 is 2.23 bits per heavy atom. The quantitative estimate of drug-likeness (QED) is 0.376. The zero-order valence-electron chi connectivity index (χ0n) is 23.7. The van der Waals surface area contributed by atoms with Gasteiger partial charge in [0, 0.05) is 31.7 Å². The van der Waals surface area contributed by atoms with E-state index in [-0.39, 0.29) is 6.09 Å². The van der Waals surface area contributed by atoms with Gasteiger partial charge in [-0.25, -0.2) is 20.0 Å². The number of carbonyl (C=O) groups is 3. The molecule has 3 heterocycles. The third-order valence-electron chi connectivity index (χ3n) is 5.81. The van der Waals surface area contributed by atoms with E-state index in [1.165, 1.54) is 16.3 Å². The number of ether oxygens (including phenoxy) is 2. The third-order valence-corrected chi connectivity index (χ3v) is 6.94. The Bertz CT molecular complexity index is 1330. The first-order valence-electron chi connectivity index (χ1n) is 13.1. The number of nitrogens with zero attached hydrogens (tertiary/aromatic N) is 3. The van der Waals surface area contributed by atoms with Crippen LogP contribution < -0.4 is 15.3 Å². The van der Waals surface area contributed by atoms with Gasteiger partial charge in [-0.2, -0.15) is 0 Å². The molecule has 1 aliphatic rings. The minimum Gasteiger partial charge on any atom is -0.472 e. The maximum absolute atomic E-state index is 13.8.